The molecule has 0 aliphatic rings. The summed E-state index contributed by atoms with van der Waals surface area (Å²) in [5.41, 5.74) is 1.49. The van der Waals surface area contributed by atoms with Crippen molar-refractivity contribution >= 4 is 16.0 Å². The molecule has 9 nitrogen and oxygen atoms in total. The monoisotopic (exact) mass is 402 g/mol. The Kier molecular flexibility index (Phi) is 5.81. The summed E-state index contributed by atoms with van der Waals surface area (Å²) in [6, 6.07) is 7.66. The Morgan fingerprint density at radius 2 is 2.11 bits per heavy atom. The fraction of sp³-hybridized carbons (Fsp3) is 0.222. The van der Waals surface area contributed by atoms with Crippen molar-refractivity contribution in [1.82, 2.24) is 15.1 Å². The van der Waals surface area contributed by atoms with E-state index in [1.165, 1.54) is 18.2 Å². The number of carbonyl (C=O) groups is 1. The standard InChI is InChI=1S/C18H18N4O5S/c1-12-6-7-14(28(19,24)25)10-15(12)18(23)26-9-3-5-16-21-17(22-27-16)13-4-2-8-20-11-13/h2,4,6-8,10-11H,3,5,9H2,1H3,(H2,19,24,25). The summed E-state index contributed by atoms with van der Waals surface area (Å²) in [6.07, 6.45) is 4.18. The van der Waals surface area contributed by atoms with E-state index in [2.05, 4.69) is 15.1 Å². The molecular formula is C18H18N4O5S. The van der Waals surface area contributed by atoms with E-state index in [9.17, 15) is 13.2 Å². The van der Waals surface area contributed by atoms with Gasteiger partial charge in [-0.25, -0.2) is 18.4 Å². The summed E-state index contributed by atoms with van der Waals surface area (Å²) in [4.78, 5) is 20.4. The first-order valence-corrected chi connectivity index (χ1v) is 9.93. The Balaban J connectivity index is 1.55. The van der Waals surface area contributed by atoms with E-state index < -0.39 is 16.0 Å². The van der Waals surface area contributed by atoms with Crippen LogP contribution in [0, 0.1) is 6.92 Å². The molecule has 1 aromatic carbocycles. The number of carbonyl (C=O) groups excluding carboxylic acids is 1. The minimum absolute atomic E-state index is 0.114. The molecule has 0 fully saturated rings. The maximum atomic E-state index is 12.2. The number of nitrogens with zero attached hydrogens (tertiary/aromatic N) is 3. The third-order valence-corrected chi connectivity index (χ3v) is 4.82. The van der Waals surface area contributed by atoms with Crippen LogP contribution in [0.5, 0.6) is 0 Å². The number of ether oxygens (including phenoxy) is 1. The molecule has 0 aliphatic heterocycles. The summed E-state index contributed by atoms with van der Waals surface area (Å²) in [6.45, 7) is 1.80. The zero-order valence-electron chi connectivity index (χ0n) is 15.0. The normalized spacial score (nSPS) is 11.4. The molecule has 2 heterocycles. The zero-order valence-corrected chi connectivity index (χ0v) is 15.8. The molecule has 0 saturated carbocycles. The van der Waals surface area contributed by atoms with Gasteiger partial charge in [0.2, 0.25) is 21.7 Å². The lowest BCUT2D eigenvalue weighted by Gasteiger charge is -2.08. The van der Waals surface area contributed by atoms with Gasteiger partial charge < -0.3 is 9.26 Å². The van der Waals surface area contributed by atoms with Crippen molar-refractivity contribution in [2.45, 2.75) is 24.7 Å². The number of aromatic nitrogens is 3. The second kappa shape index (κ2) is 8.28. The van der Waals surface area contributed by atoms with Crippen LogP contribution >= 0.6 is 0 Å². The van der Waals surface area contributed by atoms with Gasteiger partial charge in [-0.1, -0.05) is 11.2 Å². The van der Waals surface area contributed by atoms with Crippen LogP contribution in [-0.4, -0.2) is 36.1 Å². The SMILES string of the molecule is Cc1ccc(S(N)(=O)=O)cc1C(=O)OCCCc1nc(-c2cccnc2)no1. The molecule has 2 aromatic heterocycles. The van der Waals surface area contributed by atoms with Gasteiger partial charge in [0.15, 0.2) is 0 Å². The number of sulfonamides is 1. The summed E-state index contributed by atoms with van der Waals surface area (Å²) < 4.78 is 33.3. The van der Waals surface area contributed by atoms with Gasteiger partial charge in [-0.2, -0.15) is 4.98 Å². The minimum Gasteiger partial charge on any atom is -0.462 e. The van der Waals surface area contributed by atoms with Crippen molar-refractivity contribution in [1.29, 1.82) is 0 Å². The number of primary sulfonamides is 1. The highest BCUT2D eigenvalue weighted by Crippen LogP contribution is 2.17. The van der Waals surface area contributed by atoms with Gasteiger partial charge in [-0.3, -0.25) is 4.98 Å². The zero-order chi connectivity index (χ0) is 20.1. The summed E-state index contributed by atoms with van der Waals surface area (Å²) in [5.74, 6) is 0.238. The Labute approximate surface area is 161 Å². The van der Waals surface area contributed by atoms with Crippen LogP contribution < -0.4 is 5.14 Å². The van der Waals surface area contributed by atoms with Gasteiger partial charge in [0.05, 0.1) is 17.1 Å². The highest BCUT2D eigenvalue weighted by Gasteiger charge is 2.16. The number of rotatable bonds is 7. The van der Waals surface area contributed by atoms with Crippen molar-refractivity contribution in [2.75, 3.05) is 6.61 Å². The average molecular weight is 402 g/mol. The highest BCUT2D eigenvalue weighted by molar-refractivity contribution is 7.89. The first-order valence-electron chi connectivity index (χ1n) is 8.38. The van der Waals surface area contributed by atoms with Crippen LogP contribution in [0.1, 0.15) is 28.2 Å². The van der Waals surface area contributed by atoms with Crippen LogP contribution in [0.15, 0.2) is 52.1 Å². The van der Waals surface area contributed by atoms with Gasteiger partial charge in [-0.05, 0) is 43.2 Å². The molecule has 0 aliphatic carbocycles. The smallest absolute Gasteiger partial charge is 0.338 e. The third kappa shape index (κ3) is 4.78. The highest BCUT2D eigenvalue weighted by atomic mass is 32.2. The van der Waals surface area contributed by atoms with E-state index in [0.29, 0.717) is 30.1 Å². The van der Waals surface area contributed by atoms with Crippen LogP contribution in [0.2, 0.25) is 0 Å². The Bertz CT molecular complexity index is 1080. The Hall–Kier alpha value is -3.11. The molecule has 28 heavy (non-hydrogen) atoms. The lowest BCUT2D eigenvalue weighted by atomic mass is 10.1. The van der Waals surface area contributed by atoms with Crippen LogP contribution in [-0.2, 0) is 21.2 Å². The van der Waals surface area contributed by atoms with Gasteiger partial charge in [0, 0.05) is 24.4 Å². The number of aryl methyl sites for hydroxylation is 2. The maximum absolute atomic E-state index is 12.2. The van der Waals surface area contributed by atoms with Crippen molar-refractivity contribution < 1.29 is 22.5 Å². The van der Waals surface area contributed by atoms with Crippen LogP contribution in [0.25, 0.3) is 11.4 Å². The molecule has 0 spiro atoms. The van der Waals surface area contributed by atoms with Crippen molar-refractivity contribution in [3.63, 3.8) is 0 Å². The predicted octanol–water partition coefficient (Wildman–Crippen LogP) is 1.88. The number of esters is 1. The lowest BCUT2D eigenvalue weighted by molar-refractivity contribution is 0.0497. The fourth-order valence-corrected chi connectivity index (χ4v) is 2.97. The topological polar surface area (TPSA) is 138 Å². The predicted molar refractivity (Wildman–Crippen MR) is 98.7 cm³/mol. The van der Waals surface area contributed by atoms with Gasteiger partial charge >= 0.3 is 5.97 Å². The van der Waals surface area contributed by atoms with E-state index in [1.807, 2.05) is 6.07 Å². The maximum Gasteiger partial charge on any atom is 0.338 e. The Morgan fingerprint density at radius 1 is 1.29 bits per heavy atom. The molecule has 0 saturated heterocycles. The fourth-order valence-electron chi connectivity index (χ4n) is 2.43. The summed E-state index contributed by atoms with van der Waals surface area (Å²) in [5, 5.41) is 8.99. The first kappa shape index (κ1) is 19.6. The molecule has 146 valence electrons. The lowest BCUT2D eigenvalue weighted by Crippen LogP contribution is -2.15. The Morgan fingerprint density at radius 3 is 2.82 bits per heavy atom. The average Bonchev–Trinajstić information content (AvgIpc) is 3.14. The number of pyridine rings is 1. The molecular weight excluding hydrogens is 384 g/mol. The largest absolute Gasteiger partial charge is 0.462 e. The molecule has 0 unspecified atom stereocenters. The second-order valence-electron chi connectivity index (χ2n) is 6.01. The van der Waals surface area contributed by atoms with Crippen molar-refractivity contribution in [3.05, 3.63) is 59.7 Å². The molecule has 0 radical (unpaired) electrons. The van der Waals surface area contributed by atoms with E-state index in [-0.39, 0.29) is 17.1 Å². The molecule has 0 amide bonds. The van der Waals surface area contributed by atoms with Crippen molar-refractivity contribution in [3.8, 4) is 11.4 Å². The van der Waals surface area contributed by atoms with Crippen LogP contribution in [0.3, 0.4) is 0 Å². The molecule has 0 atom stereocenters. The summed E-state index contributed by atoms with van der Waals surface area (Å²) >= 11 is 0. The quantitative estimate of drug-likeness (QED) is 0.467. The van der Waals surface area contributed by atoms with Crippen molar-refractivity contribution in [2.24, 2.45) is 5.14 Å². The molecule has 0 bridgehead atoms. The number of benzene rings is 1. The van der Waals surface area contributed by atoms with E-state index in [4.69, 9.17) is 14.4 Å². The summed E-state index contributed by atoms with van der Waals surface area (Å²) in [7, 11) is -3.90. The third-order valence-electron chi connectivity index (χ3n) is 3.91. The molecule has 3 rings (SSSR count). The van der Waals surface area contributed by atoms with E-state index in [0.717, 1.165) is 5.56 Å². The minimum atomic E-state index is -3.90. The van der Waals surface area contributed by atoms with E-state index in [1.54, 1.807) is 25.4 Å². The van der Waals surface area contributed by atoms with Gasteiger partial charge in [0.1, 0.15) is 0 Å². The van der Waals surface area contributed by atoms with Gasteiger partial charge in [-0.15, -0.1) is 0 Å². The number of hydrogen-bond donors (Lipinski definition) is 1. The second-order valence-corrected chi connectivity index (χ2v) is 7.58. The van der Waals surface area contributed by atoms with Gasteiger partial charge in [0.25, 0.3) is 0 Å². The molecule has 10 heteroatoms. The molecule has 3 aromatic rings. The van der Waals surface area contributed by atoms with Crippen LogP contribution in [0.4, 0.5) is 0 Å². The first-order chi connectivity index (χ1) is 13.3. The number of hydrogen-bond acceptors (Lipinski definition) is 8. The number of nitrogens with two attached hydrogens (primary N) is 1. The van der Waals surface area contributed by atoms with E-state index >= 15 is 0 Å². The molecule has 2 N–H and O–H groups in total.